The van der Waals surface area contributed by atoms with Gasteiger partial charge in [-0.05, 0) is 30.5 Å². The van der Waals surface area contributed by atoms with E-state index in [9.17, 15) is 27.9 Å². The fourth-order valence-electron chi connectivity index (χ4n) is 4.97. The molecular formula is C26H29ClF3N3O3. The molecule has 0 radical (unpaired) electrons. The highest BCUT2D eigenvalue weighted by Crippen LogP contribution is 2.41. The molecule has 1 N–H and O–H groups in total. The average Bonchev–Trinajstić information content (AvgIpc) is 2.82. The van der Waals surface area contributed by atoms with Crippen molar-refractivity contribution in [2.75, 3.05) is 40.3 Å². The molecule has 6 nitrogen and oxygen atoms in total. The third kappa shape index (κ3) is 4.84. The zero-order valence-corrected chi connectivity index (χ0v) is 20.9. The van der Waals surface area contributed by atoms with Crippen LogP contribution in [0.1, 0.15) is 40.2 Å². The van der Waals surface area contributed by atoms with Gasteiger partial charge >= 0.3 is 6.18 Å². The van der Waals surface area contributed by atoms with Crippen LogP contribution in [0.5, 0.6) is 0 Å². The van der Waals surface area contributed by atoms with Gasteiger partial charge in [-0.2, -0.15) is 13.2 Å². The first kappa shape index (κ1) is 26.4. The van der Waals surface area contributed by atoms with Gasteiger partial charge in [0.05, 0.1) is 10.6 Å². The number of rotatable bonds is 5. The predicted molar refractivity (Wildman–Crippen MR) is 130 cm³/mol. The molecular weight excluding hydrogens is 495 g/mol. The second-order valence-electron chi connectivity index (χ2n) is 9.69. The summed E-state index contributed by atoms with van der Waals surface area (Å²) < 4.78 is 41.6. The Morgan fingerprint density at radius 1 is 1.03 bits per heavy atom. The van der Waals surface area contributed by atoms with Crippen LogP contribution < -0.4 is 0 Å². The number of aliphatic hydroxyl groups is 1. The van der Waals surface area contributed by atoms with Crippen molar-refractivity contribution in [3.63, 3.8) is 0 Å². The van der Waals surface area contributed by atoms with Gasteiger partial charge in [0, 0.05) is 57.8 Å². The summed E-state index contributed by atoms with van der Waals surface area (Å²) >= 11 is 6.34. The van der Waals surface area contributed by atoms with Crippen LogP contribution in [0.25, 0.3) is 0 Å². The second kappa shape index (κ2) is 10.0. The number of nitrogens with zero attached hydrogens (tertiary/aromatic N) is 3. The summed E-state index contributed by atoms with van der Waals surface area (Å²) in [6.45, 7) is 1.82. The summed E-state index contributed by atoms with van der Waals surface area (Å²) in [6.07, 6.45) is -4.09. The lowest BCUT2D eigenvalue weighted by Gasteiger charge is -2.48. The molecule has 0 aliphatic carbocycles. The number of hydrogen-bond acceptors (Lipinski definition) is 4. The topological polar surface area (TPSA) is 64.1 Å². The van der Waals surface area contributed by atoms with Crippen molar-refractivity contribution in [3.05, 3.63) is 70.2 Å². The van der Waals surface area contributed by atoms with E-state index in [0.717, 1.165) is 35.7 Å². The third-order valence-electron chi connectivity index (χ3n) is 7.19. The van der Waals surface area contributed by atoms with Crippen molar-refractivity contribution < 1.29 is 27.9 Å². The van der Waals surface area contributed by atoms with E-state index in [4.69, 9.17) is 11.6 Å². The van der Waals surface area contributed by atoms with Gasteiger partial charge < -0.3 is 14.9 Å². The van der Waals surface area contributed by atoms with Gasteiger partial charge in [0.15, 0.2) is 0 Å². The first-order chi connectivity index (χ1) is 16.9. The number of alkyl halides is 3. The summed E-state index contributed by atoms with van der Waals surface area (Å²) in [5.41, 5.74) is -2.56. The minimum atomic E-state index is -5.14. The summed E-state index contributed by atoms with van der Waals surface area (Å²) in [5.74, 6) is -1.24. The molecule has 2 aromatic carbocycles. The summed E-state index contributed by atoms with van der Waals surface area (Å²) in [6, 6.07) is 12.1. The van der Waals surface area contributed by atoms with Gasteiger partial charge in [0.1, 0.15) is 0 Å². The molecule has 10 heteroatoms. The molecule has 0 saturated carbocycles. The molecule has 0 aromatic heterocycles. The highest BCUT2D eigenvalue weighted by Gasteiger charge is 2.62. The molecule has 194 valence electrons. The largest absolute Gasteiger partial charge is 0.430 e. The number of carbonyl (C=O) groups excluding carboxylic acids is 2. The van der Waals surface area contributed by atoms with Gasteiger partial charge in [-0.15, -0.1) is 0 Å². The minimum Gasteiger partial charge on any atom is -0.369 e. The molecule has 2 aliphatic heterocycles. The van der Waals surface area contributed by atoms with Crippen molar-refractivity contribution in [1.82, 2.24) is 14.7 Å². The molecule has 4 rings (SSSR count). The van der Waals surface area contributed by atoms with E-state index in [2.05, 4.69) is 4.90 Å². The van der Waals surface area contributed by atoms with E-state index >= 15 is 0 Å². The lowest BCUT2D eigenvalue weighted by Crippen LogP contribution is -2.59. The maximum atomic E-state index is 13.9. The molecule has 2 saturated heterocycles. The maximum absolute atomic E-state index is 13.9. The number of benzene rings is 2. The van der Waals surface area contributed by atoms with E-state index in [0.29, 0.717) is 23.4 Å². The lowest BCUT2D eigenvalue weighted by atomic mass is 9.86. The Kier molecular flexibility index (Phi) is 7.37. The third-order valence-corrected chi connectivity index (χ3v) is 7.50. The van der Waals surface area contributed by atoms with Crippen molar-refractivity contribution in [2.45, 2.75) is 36.6 Å². The molecule has 1 atom stereocenters. The number of amides is 2. The highest BCUT2D eigenvalue weighted by molar-refractivity contribution is 6.33. The maximum Gasteiger partial charge on any atom is 0.430 e. The van der Waals surface area contributed by atoms with Crippen molar-refractivity contribution in [1.29, 1.82) is 0 Å². The molecule has 36 heavy (non-hydrogen) atoms. The van der Waals surface area contributed by atoms with Crippen LogP contribution in [-0.4, -0.2) is 84.1 Å². The first-order valence-electron chi connectivity index (χ1n) is 11.8. The van der Waals surface area contributed by atoms with Crippen molar-refractivity contribution in [3.8, 4) is 0 Å². The summed E-state index contributed by atoms with van der Waals surface area (Å²) in [7, 11) is 3.33. The second-order valence-corrected chi connectivity index (χ2v) is 10.1. The lowest BCUT2D eigenvalue weighted by molar-refractivity contribution is -0.262. The number of likely N-dealkylation sites (tertiary alicyclic amines) is 2. The Labute approximate surface area is 213 Å². The Morgan fingerprint density at radius 2 is 1.64 bits per heavy atom. The molecule has 0 bridgehead atoms. The smallest absolute Gasteiger partial charge is 0.369 e. The van der Waals surface area contributed by atoms with Crippen molar-refractivity contribution >= 4 is 23.4 Å². The minimum absolute atomic E-state index is 0.142. The molecule has 2 heterocycles. The van der Waals surface area contributed by atoms with Gasteiger partial charge in [0.2, 0.25) is 0 Å². The molecule has 2 fully saturated rings. The van der Waals surface area contributed by atoms with Crippen LogP contribution in [-0.2, 0) is 10.4 Å². The van der Waals surface area contributed by atoms with Gasteiger partial charge in [-0.1, -0.05) is 48.0 Å². The molecule has 2 amide bonds. The van der Waals surface area contributed by atoms with E-state index < -0.39 is 23.2 Å². The monoisotopic (exact) mass is 523 g/mol. The quantitative estimate of drug-likeness (QED) is 0.646. The normalized spacial score (nSPS) is 19.5. The number of hydrogen-bond donors (Lipinski definition) is 1. The molecule has 0 spiro atoms. The molecule has 0 unspecified atom stereocenters. The number of carbonyl (C=O) groups is 2. The zero-order valence-electron chi connectivity index (χ0n) is 20.1. The van der Waals surface area contributed by atoms with Crippen LogP contribution >= 0.6 is 11.6 Å². The van der Waals surface area contributed by atoms with Crippen LogP contribution in [0.3, 0.4) is 0 Å². The predicted octanol–water partition coefficient (Wildman–Crippen LogP) is 3.88. The van der Waals surface area contributed by atoms with Crippen LogP contribution in [0, 0.1) is 0 Å². The van der Waals surface area contributed by atoms with E-state index in [1.807, 2.05) is 12.1 Å². The molecule has 2 aliphatic rings. The van der Waals surface area contributed by atoms with Gasteiger partial charge in [-0.3, -0.25) is 14.5 Å². The summed E-state index contributed by atoms with van der Waals surface area (Å²) in [5, 5.41) is 11.0. The first-order valence-corrected chi connectivity index (χ1v) is 12.2. The highest BCUT2D eigenvalue weighted by atomic mass is 35.5. The van der Waals surface area contributed by atoms with Crippen molar-refractivity contribution in [2.24, 2.45) is 0 Å². The zero-order chi connectivity index (χ0) is 26.3. The Morgan fingerprint density at radius 3 is 2.17 bits per heavy atom. The Hall–Kier alpha value is -2.62. The van der Waals surface area contributed by atoms with E-state index in [1.165, 1.54) is 23.1 Å². The Bertz CT molecular complexity index is 1110. The van der Waals surface area contributed by atoms with E-state index in [1.54, 1.807) is 20.2 Å². The van der Waals surface area contributed by atoms with E-state index in [-0.39, 0.29) is 31.0 Å². The van der Waals surface area contributed by atoms with Gasteiger partial charge in [-0.25, -0.2) is 0 Å². The summed E-state index contributed by atoms with van der Waals surface area (Å²) in [4.78, 5) is 30.0. The SMILES string of the molecule is CN(C)C(=O)c1ccc(C2CN(C3CCN(C(=O)[C@](O)(c4ccccc4)C(F)(F)F)CC3)C2)cc1Cl. The average molecular weight is 524 g/mol. The fourth-order valence-corrected chi connectivity index (χ4v) is 5.24. The fraction of sp³-hybridized carbons (Fsp3) is 0.462. The number of piperidine rings is 1. The van der Waals surface area contributed by atoms with Crippen LogP contribution in [0.15, 0.2) is 48.5 Å². The number of halogens is 4. The van der Waals surface area contributed by atoms with Gasteiger partial charge in [0.25, 0.3) is 17.4 Å². The van der Waals surface area contributed by atoms with Crippen LogP contribution in [0.2, 0.25) is 5.02 Å². The Balaban J connectivity index is 1.35. The van der Waals surface area contributed by atoms with Crippen LogP contribution in [0.4, 0.5) is 13.2 Å². The molecule has 2 aromatic rings. The standard InChI is InChI=1S/C26H29ClF3N3O3/c1-31(2)23(34)21-9-8-17(14-22(21)27)18-15-33(16-18)20-10-12-32(13-11-20)24(35)25(36,26(28,29)30)19-6-4-3-5-7-19/h3-9,14,18,20,36H,10-13,15-16H2,1-2H3/t25-/m1/s1.